The molecule has 0 unspecified atom stereocenters. The van der Waals surface area contributed by atoms with E-state index < -0.39 is 4.92 Å². The van der Waals surface area contributed by atoms with Gasteiger partial charge in [-0.2, -0.15) is 5.26 Å². The summed E-state index contributed by atoms with van der Waals surface area (Å²) in [5.74, 6) is 0. The van der Waals surface area contributed by atoms with Gasteiger partial charge in [0.05, 0.1) is 26.2 Å². The summed E-state index contributed by atoms with van der Waals surface area (Å²) < 4.78 is 0. The van der Waals surface area contributed by atoms with Gasteiger partial charge in [-0.25, -0.2) is 0 Å². The van der Waals surface area contributed by atoms with Gasteiger partial charge in [-0.15, -0.1) is 0 Å². The van der Waals surface area contributed by atoms with E-state index in [1.807, 2.05) is 24.1 Å². The number of nitro groups is 1. The third kappa shape index (κ3) is 9.49. The van der Waals surface area contributed by atoms with Crippen molar-refractivity contribution >= 4 is 40.3 Å². The van der Waals surface area contributed by atoms with Crippen LogP contribution in [0, 0.1) is 21.4 Å². The van der Waals surface area contributed by atoms with Crippen LogP contribution in [0.15, 0.2) is 36.4 Å². The normalized spacial score (nSPS) is 10.1. The molecule has 0 aliphatic heterocycles. The molecule has 33 heavy (non-hydrogen) atoms. The van der Waals surface area contributed by atoms with Crippen LogP contribution in [0.25, 0.3) is 0 Å². The monoisotopic (exact) mass is 492 g/mol. The maximum atomic E-state index is 10.5. The number of hydrogen-bond acceptors (Lipinski definition) is 5. The minimum absolute atomic E-state index is 0.0256. The van der Waals surface area contributed by atoms with Crippen molar-refractivity contribution in [3.63, 3.8) is 0 Å². The number of non-ortho nitro benzene ring substituents is 1. The van der Waals surface area contributed by atoms with Crippen molar-refractivity contribution in [1.82, 2.24) is 0 Å². The fourth-order valence-electron chi connectivity index (χ4n) is 3.21. The number of nitrogens with zero attached hydrogens (tertiary/aromatic N) is 4. The van der Waals surface area contributed by atoms with Crippen molar-refractivity contribution in [2.45, 2.75) is 52.9 Å². The van der Waals surface area contributed by atoms with E-state index in [0.717, 1.165) is 50.3 Å². The van der Waals surface area contributed by atoms with E-state index >= 15 is 0 Å². The van der Waals surface area contributed by atoms with Gasteiger partial charge in [0.1, 0.15) is 6.07 Å². The Labute approximate surface area is 207 Å². The summed E-state index contributed by atoms with van der Waals surface area (Å²) in [7, 11) is 1.93. The molecule has 2 aromatic rings. The summed E-state index contributed by atoms with van der Waals surface area (Å²) in [6.07, 6.45) is 5.65. The second-order valence-corrected chi connectivity index (χ2v) is 8.60. The summed E-state index contributed by atoms with van der Waals surface area (Å²) in [5.41, 5.74) is 2.52. The largest absolute Gasteiger partial charge is 0.373 e. The van der Waals surface area contributed by atoms with Crippen LogP contribution in [0.2, 0.25) is 10.0 Å². The number of unbranched alkanes of at least 4 members (excludes halogenated alkanes) is 2. The Morgan fingerprint density at radius 2 is 1.61 bits per heavy atom. The molecule has 0 N–H and O–H groups in total. The minimum atomic E-state index is -0.443. The van der Waals surface area contributed by atoms with Gasteiger partial charge in [0.15, 0.2) is 0 Å². The van der Waals surface area contributed by atoms with Crippen LogP contribution in [-0.2, 0) is 0 Å². The second kappa shape index (κ2) is 15.4. The Balaban J connectivity index is 0.000000331. The first-order valence-corrected chi connectivity index (χ1v) is 12.1. The van der Waals surface area contributed by atoms with Gasteiger partial charge in [-0.1, -0.05) is 56.8 Å². The first-order valence-electron chi connectivity index (χ1n) is 11.4. The maximum absolute atomic E-state index is 10.5. The van der Waals surface area contributed by atoms with Crippen LogP contribution in [0.3, 0.4) is 0 Å². The molecule has 8 heteroatoms. The molecule has 180 valence electrons. The molecular formula is C25H34Cl2N4O2. The van der Waals surface area contributed by atoms with E-state index in [2.05, 4.69) is 31.7 Å². The fourth-order valence-corrected chi connectivity index (χ4v) is 3.75. The smallest absolute Gasteiger partial charge is 0.271 e. The summed E-state index contributed by atoms with van der Waals surface area (Å²) >= 11 is 12.1. The molecule has 0 saturated carbocycles. The van der Waals surface area contributed by atoms with Gasteiger partial charge in [-0.05, 0) is 43.5 Å². The van der Waals surface area contributed by atoms with Crippen molar-refractivity contribution in [2.75, 3.05) is 36.5 Å². The number of nitriles is 1. The molecule has 0 aliphatic rings. The number of rotatable bonds is 11. The van der Waals surface area contributed by atoms with Crippen molar-refractivity contribution in [3.05, 3.63) is 62.1 Å². The second-order valence-electron chi connectivity index (χ2n) is 7.78. The molecule has 0 aliphatic carbocycles. The van der Waals surface area contributed by atoms with Crippen molar-refractivity contribution < 1.29 is 4.92 Å². The lowest BCUT2D eigenvalue weighted by Gasteiger charge is -2.24. The van der Waals surface area contributed by atoms with Gasteiger partial charge < -0.3 is 9.80 Å². The molecule has 0 amide bonds. The predicted molar refractivity (Wildman–Crippen MR) is 140 cm³/mol. The molecule has 0 saturated heterocycles. The molecular weight excluding hydrogens is 459 g/mol. The summed E-state index contributed by atoms with van der Waals surface area (Å²) in [4.78, 5) is 14.4. The standard InChI is InChI=1S/C14H19ClN2.C11H15ClN2O2/c1-3-5-9-17(8-4-2)13-7-6-12(11-16)14(15)10-13;1-3-4-7-13(2)11-6-5-9(14(15)16)8-10(11)12/h6-7,10H,3-5,8-9H2,1-2H3;5-6,8H,3-4,7H2,1-2H3. The Kier molecular flexibility index (Phi) is 13.3. The topological polar surface area (TPSA) is 73.4 Å². The molecule has 0 aromatic heterocycles. The van der Waals surface area contributed by atoms with Gasteiger partial charge in [0, 0.05) is 44.5 Å². The van der Waals surface area contributed by atoms with Crippen LogP contribution < -0.4 is 9.80 Å². The average Bonchev–Trinajstić information content (AvgIpc) is 2.80. The molecule has 0 bridgehead atoms. The zero-order valence-electron chi connectivity index (χ0n) is 20.0. The molecule has 0 spiro atoms. The van der Waals surface area contributed by atoms with Crippen LogP contribution in [0.4, 0.5) is 17.1 Å². The van der Waals surface area contributed by atoms with Crippen LogP contribution in [0.5, 0.6) is 0 Å². The fraction of sp³-hybridized carbons (Fsp3) is 0.480. The molecule has 2 rings (SSSR count). The van der Waals surface area contributed by atoms with Gasteiger partial charge in [-0.3, -0.25) is 10.1 Å². The number of nitro benzene ring substituents is 1. The van der Waals surface area contributed by atoms with Crippen molar-refractivity contribution in [3.8, 4) is 6.07 Å². The SMILES string of the molecule is CCCCN(C)c1ccc([N+](=O)[O-])cc1Cl.CCCCN(CCC)c1ccc(C#N)c(Cl)c1. The first kappa shape index (κ1) is 28.5. The molecule has 2 aromatic carbocycles. The van der Waals surface area contributed by atoms with Gasteiger partial charge in [0.2, 0.25) is 0 Å². The number of benzene rings is 2. The zero-order valence-corrected chi connectivity index (χ0v) is 21.5. The highest BCUT2D eigenvalue weighted by Crippen LogP contribution is 2.29. The molecule has 0 atom stereocenters. The minimum Gasteiger partial charge on any atom is -0.373 e. The molecule has 6 nitrogen and oxygen atoms in total. The summed E-state index contributed by atoms with van der Waals surface area (Å²) in [6.45, 7) is 9.45. The average molecular weight is 493 g/mol. The van der Waals surface area contributed by atoms with E-state index in [1.54, 1.807) is 12.1 Å². The molecule has 0 fully saturated rings. The number of anilines is 2. The van der Waals surface area contributed by atoms with E-state index in [9.17, 15) is 10.1 Å². The highest BCUT2D eigenvalue weighted by atomic mass is 35.5. The lowest BCUT2D eigenvalue weighted by atomic mass is 10.2. The van der Waals surface area contributed by atoms with Gasteiger partial charge >= 0.3 is 0 Å². The lowest BCUT2D eigenvalue weighted by Crippen LogP contribution is -2.25. The van der Waals surface area contributed by atoms with E-state index in [0.29, 0.717) is 15.6 Å². The third-order valence-corrected chi connectivity index (χ3v) is 5.73. The van der Waals surface area contributed by atoms with Crippen LogP contribution in [0.1, 0.15) is 58.4 Å². The Morgan fingerprint density at radius 1 is 0.939 bits per heavy atom. The predicted octanol–water partition coefficient (Wildman–Crippen LogP) is 7.71. The number of hydrogen-bond donors (Lipinski definition) is 0. The Morgan fingerprint density at radius 3 is 2.12 bits per heavy atom. The molecule has 0 radical (unpaired) electrons. The van der Waals surface area contributed by atoms with Crippen molar-refractivity contribution in [1.29, 1.82) is 5.26 Å². The van der Waals surface area contributed by atoms with Crippen LogP contribution in [-0.4, -0.2) is 31.6 Å². The Hall–Kier alpha value is -2.49. The van der Waals surface area contributed by atoms with Gasteiger partial charge in [0.25, 0.3) is 5.69 Å². The molecule has 0 heterocycles. The van der Waals surface area contributed by atoms with E-state index in [-0.39, 0.29) is 5.69 Å². The van der Waals surface area contributed by atoms with E-state index in [4.69, 9.17) is 28.5 Å². The number of halogens is 2. The lowest BCUT2D eigenvalue weighted by molar-refractivity contribution is -0.384. The zero-order chi connectivity index (χ0) is 24.8. The third-order valence-electron chi connectivity index (χ3n) is 5.11. The highest BCUT2D eigenvalue weighted by molar-refractivity contribution is 6.33. The van der Waals surface area contributed by atoms with E-state index in [1.165, 1.54) is 25.0 Å². The Bertz CT molecular complexity index is 931. The first-order chi connectivity index (χ1) is 15.8. The maximum Gasteiger partial charge on any atom is 0.271 e. The summed E-state index contributed by atoms with van der Waals surface area (Å²) in [5, 5.41) is 20.4. The van der Waals surface area contributed by atoms with Crippen molar-refractivity contribution in [2.24, 2.45) is 0 Å². The van der Waals surface area contributed by atoms with Crippen LogP contribution >= 0.6 is 23.2 Å². The summed E-state index contributed by atoms with van der Waals surface area (Å²) in [6, 6.07) is 12.3. The highest BCUT2D eigenvalue weighted by Gasteiger charge is 2.11. The quantitative estimate of drug-likeness (QED) is 0.237.